The van der Waals surface area contributed by atoms with Crippen LogP contribution in [-0.2, 0) is 21.6 Å². The summed E-state index contributed by atoms with van der Waals surface area (Å²) in [5.74, 6) is -6.27. The summed E-state index contributed by atoms with van der Waals surface area (Å²) in [5, 5.41) is 19.4. The van der Waals surface area contributed by atoms with Crippen LogP contribution in [-0.4, -0.2) is 44.3 Å². The van der Waals surface area contributed by atoms with Crippen LogP contribution in [0.25, 0.3) is 22.2 Å². The van der Waals surface area contributed by atoms with Crippen molar-refractivity contribution < 1.29 is 37.0 Å². The fourth-order valence-electron chi connectivity index (χ4n) is 6.30. The molecule has 2 amide bonds. The number of carbonyl (C=O) groups is 2. The third-order valence-corrected chi connectivity index (χ3v) is 10.2. The number of amides is 2. The predicted octanol–water partition coefficient (Wildman–Crippen LogP) is 5.67. The van der Waals surface area contributed by atoms with E-state index in [2.05, 4.69) is 15.4 Å². The first kappa shape index (κ1) is 31.1. The summed E-state index contributed by atoms with van der Waals surface area (Å²) in [5.41, 5.74) is 1.68. The molecule has 48 heavy (non-hydrogen) atoms. The van der Waals surface area contributed by atoms with E-state index < -0.39 is 68.3 Å². The zero-order valence-corrected chi connectivity index (χ0v) is 26.2. The Morgan fingerprint density at radius 2 is 1.79 bits per heavy atom. The number of halogens is 5. The second-order valence-corrected chi connectivity index (χ2v) is 13.9. The lowest BCUT2D eigenvalue weighted by molar-refractivity contribution is -0.120. The maximum absolute atomic E-state index is 16.2. The lowest BCUT2D eigenvalue weighted by Gasteiger charge is -2.30. The molecule has 1 atom stereocenters. The molecule has 4 N–H and O–H groups in total. The van der Waals surface area contributed by atoms with Crippen molar-refractivity contribution in [3.63, 3.8) is 0 Å². The summed E-state index contributed by atoms with van der Waals surface area (Å²) in [6, 6.07) is 5.72. The number of nitrogens with two attached hydrogens (primary N) is 1. The van der Waals surface area contributed by atoms with E-state index in [4.69, 9.17) is 22.1 Å². The summed E-state index contributed by atoms with van der Waals surface area (Å²) >= 11 is 5.92. The van der Waals surface area contributed by atoms with E-state index in [0.29, 0.717) is 48.4 Å². The van der Waals surface area contributed by atoms with Crippen molar-refractivity contribution >= 4 is 34.3 Å². The van der Waals surface area contributed by atoms with Gasteiger partial charge in [0.05, 0.1) is 28.8 Å². The van der Waals surface area contributed by atoms with Crippen LogP contribution < -0.4 is 15.8 Å². The van der Waals surface area contributed by atoms with E-state index in [1.807, 2.05) is 0 Å². The molecule has 4 fully saturated rings. The number of fused-ring (bicyclic) bond motifs is 1. The molecule has 0 spiro atoms. The van der Waals surface area contributed by atoms with Gasteiger partial charge in [-0.2, -0.15) is 5.10 Å². The number of nitrogens with zero attached hydrogens (tertiary/aromatic N) is 3. The van der Waals surface area contributed by atoms with Crippen molar-refractivity contribution in [2.24, 2.45) is 11.7 Å². The van der Waals surface area contributed by atoms with Gasteiger partial charge in [0.2, 0.25) is 11.7 Å². The van der Waals surface area contributed by atoms with Gasteiger partial charge in [0.1, 0.15) is 34.2 Å². The number of carbonyl (C=O) groups excluding carboxylic acids is 2. The number of primary amides is 1. The van der Waals surface area contributed by atoms with Crippen molar-refractivity contribution in [2.45, 2.75) is 74.3 Å². The first-order chi connectivity index (χ1) is 22.8. The van der Waals surface area contributed by atoms with Gasteiger partial charge in [0.15, 0.2) is 5.82 Å². The summed E-state index contributed by atoms with van der Waals surface area (Å²) in [7, 11) is 0. The molecule has 2 heterocycles. The van der Waals surface area contributed by atoms with Gasteiger partial charge in [-0.1, -0.05) is 11.6 Å². The smallest absolute Gasteiger partial charge is 0.251 e. The van der Waals surface area contributed by atoms with Crippen LogP contribution in [0.5, 0.6) is 5.75 Å². The van der Waals surface area contributed by atoms with Crippen molar-refractivity contribution in [2.75, 3.05) is 6.54 Å². The number of aliphatic hydroxyl groups is 1. The zero-order chi connectivity index (χ0) is 33.7. The SMILES string of the molecule is NC(=O)C1(c2cc([C@@](O)(CNC(=O)c3cc(OC4CC4)c4nn(C5(F)CC5)cc4c3)C3CC3)nc(-c3cc(Cl)c(F)cc3F)c2F)CC1. The molecule has 0 radical (unpaired) electrons. The van der Waals surface area contributed by atoms with E-state index >= 15 is 8.78 Å². The molecule has 250 valence electrons. The summed E-state index contributed by atoms with van der Waals surface area (Å²) < 4.78 is 67.4. The molecular weight excluding hydrogens is 654 g/mol. The highest BCUT2D eigenvalue weighted by molar-refractivity contribution is 6.31. The van der Waals surface area contributed by atoms with E-state index in [1.54, 1.807) is 6.07 Å². The van der Waals surface area contributed by atoms with E-state index in [-0.39, 0.29) is 42.3 Å². The number of ether oxygens (including phenoxy) is 1. The van der Waals surface area contributed by atoms with Crippen LogP contribution in [0.1, 0.15) is 73.0 Å². The second-order valence-electron chi connectivity index (χ2n) is 13.5. The quantitative estimate of drug-likeness (QED) is 0.138. The molecule has 8 rings (SSSR count). The average molecular weight is 684 g/mol. The highest BCUT2D eigenvalue weighted by atomic mass is 35.5. The van der Waals surface area contributed by atoms with Crippen LogP contribution in [0.15, 0.2) is 36.5 Å². The summed E-state index contributed by atoms with van der Waals surface area (Å²) in [6.07, 6.45) is 5.43. The third kappa shape index (κ3) is 5.18. The summed E-state index contributed by atoms with van der Waals surface area (Å²) in [4.78, 5) is 30.5. The number of hydrogen-bond acceptors (Lipinski definition) is 6. The number of rotatable bonds is 11. The number of alkyl halides is 1. The third-order valence-electron chi connectivity index (χ3n) is 9.90. The first-order valence-electron chi connectivity index (χ1n) is 15.9. The molecule has 0 bridgehead atoms. The van der Waals surface area contributed by atoms with Gasteiger partial charge in [0, 0.05) is 47.2 Å². The standard InChI is InChI=1S/C34H30ClF4N5O4/c35-22-11-20(23(36)13-24(22)37)29-27(38)21(32(5-6-32)31(40)46)12-26(42-29)34(47,18-1-2-18)15-41-30(45)16-9-17-14-44(33(39)7-8-33)43-28(17)25(10-16)48-19-3-4-19/h9-14,18-19,47H,1-8,15H2,(H2,40,46)(H,41,45)/t34-/m1/s1. The Hall–Kier alpha value is -4.23. The Morgan fingerprint density at radius 1 is 1.06 bits per heavy atom. The Morgan fingerprint density at radius 3 is 2.42 bits per heavy atom. The predicted molar refractivity (Wildman–Crippen MR) is 165 cm³/mol. The van der Waals surface area contributed by atoms with Crippen LogP contribution in [0.3, 0.4) is 0 Å². The van der Waals surface area contributed by atoms with Gasteiger partial charge in [-0.25, -0.2) is 27.2 Å². The van der Waals surface area contributed by atoms with Crippen LogP contribution >= 0.6 is 11.6 Å². The second kappa shape index (κ2) is 10.6. The van der Waals surface area contributed by atoms with Gasteiger partial charge < -0.3 is 20.9 Å². The average Bonchev–Trinajstić information content (AvgIpc) is 3.85. The molecule has 4 aliphatic rings. The van der Waals surface area contributed by atoms with Crippen LogP contribution in [0.2, 0.25) is 5.02 Å². The van der Waals surface area contributed by atoms with Crippen LogP contribution in [0, 0.1) is 23.4 Å². The molecule has 2 aromatic heterocycles. The number of hydrogen-bond donors (Lipinski definition) is 3. The Bertz CT molecular complexity index is 2040. The molecular formula is C34H30ClF4N5O4. The van der Waals surface area contributed by atoms with Crippen molar-refractivity contribution in [3.8, 4) is 17.0 Å². The summed E-state index contributed by atoms with van der Waals surface area (Å²) in [6.45, 7) is -0.381. The fraction of sp³-hybridized carbons (Fsp3) is 0.412. The van der Waals surface area contributed by atoms with Crippen molar-refractivity contribution in [1.82, 2.24) is 20.1 Å². The zero-order valence-electron chi connectivity index (χ0n) is 25.5. The van der Waals surface area contributed by atoms with E-state index in [0.717, 1.165) is 18.9 Å². The van der Waals surface area contributed by atoms with Crippen LogP contribution in [0.4, 0.5) is 17.6 Å². The van der Waals surface area contributed by atoms with E-state index in [9.17, 15) is 23.5 Å². The molecule has 2 aromatic carbocycles. The first-order valence-corrected chi connectivity index (χ1v) is 16.3. The Kier molecular flexibility index (Phi) is 6.88. The van der Waals surface area contributed by atoms with Gasteiger partial charge in [-0.15, -0.1) is 0 Å². The van der Waals surface area contributed by atoms with Gasteiger partial charge in [-0.3, -0.25) is 9.59 Å². The Labute approximate surface area is 276 Å². The molecule has 14 heteroatoms. The monoisotopic (exact) mass is 683 g/mol. The van der Waals surface area contributed by atoms with Gasteiger partial charge in [-0.05, 0) is 68.7 Å². The number of nitrogens with one attached hydrogen (secondary N) is 1. The minimum Gasteiger partial charge on any atom is -0.488 e. The highest BCUT2D eigenvalue weighted by Crippen LogP contribution is 2.52. The van der Waals surface area contributed by atoms with Crippen molar-refractivity contribution in [1.29, 1.82) is 0 Å². The normalized spacial score (nSPS) is 20.3. The highest BCUT2D eigenvalue weighted by Gasteiger charge is 2.54. The molecule has 0 aliphatic heterocycles. The van der Waals surface area contributed by atoms with Crippen molar-refractivity contribution in [3.05, 3.63) is 75.8 Å². The topological polar surface area (TPSA) is 132 Å². The molecule has 4 aliphatic carbocycles. The maximum atomic E-state index is 16.2. The molecule has 0 saturated heterocycles. The minimum atomic E-state index is -1.88. The molecule has 0 unspecified atom stereocenters. The maximum Gasteiger partial charge on any atom is 0.251 e. The largest absolute Gasteiger partial charge is 0.488 e. The Balaban J connectivity index is 1.16. The lowest BCUT2D eigenvalue weighted by atomic mass is 9.86. The minimum absolute atomic E-state index is 0.0270. The lowest BCUT2D eigenvalue weighted by Crippen LogP contribution is -2.43. The number of aromatic nitrogens is 3. The van der Waals surface area contributed by atoms with Gasteiger partial charge >= 0.3 is 0 Å². The van der Waals surface area contributed by atoms with Gasteiger partial charge in [0.25, 0.3) is 5.91 Å². The van der Waals surface area contributed by atoms with E-state index in [1.165, 1.54) is 23.0 Å². The molecule has 9 nitrogen and oxygen atoms in total. The fourth-order valence-corrected chi connectivity index (χ4v) is 6.47. The molecule has 4 saturated carbocycles. The number of pyridine rings is 1. The molecule has 4 aromatic rings. The number of benzene rings is 2.